The zero-order valence-corrected chi connectivity index (χ0v) is 10.3. The van der Waals surface area contributed by atoms with Gasteiger partial charge in [-0.05, 0) is 14.0 Å². The molecule has 0 heterocycles. The molecule has 4 nitrogen and oxygen atoms in total. The van der Waals surface area contributed by atoms with Gasteiger partial charge in [-0.15, -0.1) is 0 Å². The van der Waals surface area contributed by atoms with Gasteiger partial charge in [0.25, 0.3) is 0 Å². The molecule has 6 heteroatoms. The van der Waals surface area contributed by atoms with Crippen LogP contribution in [0.2, 0.25) is 0 Å². The smallest absolute Gasteiger partial charge is 0.148 e. The summed E-state index contributed by atoms with van der Waals surface area (Å²) in [6, 6.07) is 2.14. The Bertz CT molecular complexity index is 308. The van der Waals surface area contributed by atoms with Crippen LogP contribution in [-0.2, 0) is 9.84 Å². The highest BCUT2D eigenvalue weighted by Crippen LogP contribution is 2.12. The minimum Gasteiger partial charge on any atom is -0.302 e. The maximum Gasteiger partial charge on any atom is 0.148 e. The second kappa shape index (κ2) is 5.59. The van der Waals surface area contributed by atoms with Crippen molar-refractivity contribution < 1.29 is 8.42 Å². The van der Waals surface area contributed by atoms with Gasteiger partial charge in [-0.2, -0.15) is 17.0 Å². The van der Waals surface area contributed by atoms with Gasteiger partial charge in [0, 0.05) is 17.8 Å². The molecule has 14 heavy (non-hydrogen) atoms. The SMILES string of the molecule is CNC(C)(C#N)CSCCS(C)(=O)=O. The van der Waals surface area contributed by atoms with Crippen LogP contribution in [0, 0.1) is 11.3 Å². The number of nitrogens with one attached hydrogen (secondary N) is 1. The molecule has 0 aliphatic rings. The van der Waals surface area contributed by atoms with E-state index in [1.54, 1.807) is 14.0 Å². The van der Waals surface area contributed by atoms with Crippen molar-refractivity contribution >= 4 is 21.6 Å². The highest BCUT2D eigenvalue weighted by atomic mass is 32.2. The van der Waals surface area contributed by atoms with Gasteiger partial charge in [-0.1, -0.05) is 0 Å². The van der Waals surface area contributed by atoms with Gasteiger partial charge in [-0.25, -0.2) is 8.42 Å². The number of hydrogen-bond donors (Lipinski definition) is 1. The molecular formula is C8H16N2O2S2. The van der Waals surface area contributed by atoms with Crippen molar-refractivity contribution in [3.8, 4) is 6.07 Å². The first kappa shape index (κ1) is 13.8. The average Bonchev–Trinajstić information content (AvgIpc) is 2.11. The normalized spacial score (nSPS) is 15.9. The Hall–Kier alpha value is -0.250. The number of sulfone groups is 1. The van der Waals surface area contributed by atoms with Gasteiger partial charge >= 0.3 is 0 Å². The topological polar surface area (TPSA) is 70.0 Å². The lowest BCUT2D eigenvalue weighted by Gasteiger charge is -2.19. The van der Waals surface area contributed by atoms with Gasteiger partial charge in [0.15, 0.2) is 0 Å². The van der Waals surface area contributed by atoms with E-state index in [4.69, 9.17) is 5.26 Å². The predicted octanol–water partition coefficient (Wildman–Crippen LogP) is 0.266. The monoisotopic (exact) mass is 236 g/mol. The standard InChI is InChI=1S/C8H16N2O2S2/c1-8(6-9,10-2)7-13-4-5-14(3,11)12/h10H,4-5,7H2,1-3H3. The number of nitriles is 1. The molecule has 1 N–H and O–H groups in total. The summed E-state index contributed by atoms with van der Waals surface area (Å²) in [6.45, 7) is 1.79. The Labute approximate surface area is 90.0 Å². The summed E-state index contributed by atoms with van der Waals surface area (Å²) in [4.78, 5) is 0. The molecule has 1 atom stereocenters. The van der Waals surface area contributed by atoms with Crippen molar-refractivity contribution in [3.05, 3.63) is 0 Å². The third kappa shape index (κ3) is 6.24. The molecule has 0 saturated carbocycles. The van der Waals surface area contributed by atoms with E-state index in [9.17, 15) is 8.42 Å². The molecule has 1 unspecified atom stereocenters. The number of hydrogen-bond acceptors (Lipinski definition) is 5. The van der Waals surface area contributed by atoms with E-state index in [2.05, 4.69) is 11.4 Å². The van der Waals surface area contributed by atoms with Crippen molar-refractivity contribution in [3.63, 3.8) is 0 Å². The molecule has 0 aromatic rings. The van der Waals surface area contributed by atoms with E-state index in [-0.39, 0.29) is 5.75 Å². The first-order valence-corrected chi connectivity index (χ1v) is 7.40. The third-order valence-corrected chi connectivity index (χ3v) is 4.27. The van der Waals surface area contributed by atoms with Crippen LogP contribution in [-0.4, -0.2) is 44.5 Å². The van der Waals surface area contributed by atoms with Gasteiger partial charge in [0.05, 0.1) is 11.8 Å². The van der Waals surface area contributed by atoms with E-state index in [1.165, 1.54) is 18.0 Å². The molecule has 0 radical (unpaired) electrons. The fourth-order valence-electron chi connectivity index (χ4n) is 0.647. The van der Waals surface area contributed by atoms with Crippen LogP contribution in [0.25, 0.3) is 0 Å². The lowest BCUT2D eigenvalue weighted by molar-refractivity contribution is 0.550. The lowest BCUT2D eigenvalue weighted by atomic mass is 10.1. The van der Waals surface area contributed by atoms with Crippen LogP contribution in [0.3, 0.4) is 0 Å². The van der Waals surface area contributed by atoms with Crippen molar-refractivity contribution in [2.45, 2.75) is 12.5 Å². The Morgan fingerprint density at radius 1 is 1.57 bits per heavy atom. The van der Waals surface area contributed by atoms with Crippen LogP contribution in [0.5, 0.6) is 0 Å². The van der Waals surface area contributed by atoms with Crippen molar-refractivity contribution in [2.75, 3.05) is 30.6 Å². The summed E-state index contributed by atoms with van der Waals surface area (Å²) in [6.07, 6.45) is 1.22. The number of rotatable bonds is 6. The quantitative estimate of drug-likeness (QED) is 0.670. The summed E-state index contributed by atoms with van der Waals surface area (Å²) in [5.74, 6) is 1.30. The van der Waals surface area contributed by atoms with E-state index in [1.807, 2.05) is 0 Å². The molecule has 0 rings (SSSR count). The van der Waals surface area contributed by atoms with Crippen LogP contribution < -0.4 is 5.32 Å². The maximum absolute atomic E-state index is 10.8. The Kier molecular flexibility index (Phi) is 5.49. The van der Waals surface area contributed by atoms with Crippen molar-refractivity contribution in [2.24, 2.45) is 0 Å². The fraction of sp³-hybridized carbons (Fsp3) is 0.875. The number of nitrogens with zero attached hydrogens (tertiary/aromatic N) is 1. The molecule has 0 bridgehead atoms. The Morgan fingerprint density at radius 2 is 2.14 bits per heavy atom. The molecule has 82 valence electrons. The van der Waals surface area contributed by atoms with E-state index in [0.29, 0.717) is 11.5 Å². The largest absolute Gasteiger partial charge is 0.302 e. The zero-order chi connectivity index (χ0) is 11.2. The Morgan fingerprint density at radius 3 is 2.50 bits per heavy atom. The highest BCUT2D eigenvalue weighted by Gasteiger charge is 2.20. The summed E-state index contributed by atoms with van der Waals surface area (Å²) < 4.78 is 21.6. The van der Waals surface area contributed by atoms with Crippen LogP contribution >= 0.6 is 11.8 Å². The molecule has 0 saturated heterocycles. The summed E-state index contributed by atoms with van der Waals surface area (Å²) in [5, 5.41) is 11.7. The van der Waals surface area contributed by atoms with E-state index in [0.717, 1.165) is 0 Å². The molecule has 0 fully saturated rings. The van der Waals surface area contributed by atoms with Crippen LogP contribution in [0.4, 0.5) is 0 Å². The van der Waals surface area contributed by atoms with E-state index < -0.39 is 15.4 Å². The first-order valence-electron chi connectivity index (χ1n) is 4.18. The van der Waals surface area contributed by atoms with Crippen LogP contribution in [0.15, 0.2) is 0 Å². The average molecular weight is 236 g/mol. The second-order valence-corrected chi connectivity index (χ2v) is 6.74. The molecule has 0 aliphatic carbocycles. The van der Waals surface area contributed by atoms with Gasteiger partial charge in [0.2, 0.25) is 0 Å². The van der Waals surface area contributed by atoms with Gasteiger partial charge in [0.1, 0.15) is 15.4 Å². The predicted molar refractivity (Wildman–Crippen MR) is 60.1 cm³/mol. The van der Waals surface area contributed by atoms with Crippen molar-refractivity contribution in [1.29, 1.82) is 5.26 Å². The zero-order valence-electron chi connectivity index (χ0n) is 8.70. The lowest BCUT2D eigenvalue weighted by Crippen LogP contribution is -2.40. The fourth-order valence-corrected chi connectivity index (χ4v) is 3.09. The minimum absolute atomic E-state index is 0.170. The molecule has 0 amide bonds. The van der Waals surface area contributed by atoms with Gasteiger partial charge in [-0.3, -0.25) is 0 Å². The first-order chi connectivity index (χ1) is 6.33. The Balaban J connectivity index is 3.81. The second-order valence-electron chi connectivity index (χ2n) is 3.38. The third-order valence-electron chi connectivity index (χ3n) is 1.79. The molecule has 0 aromatic heterocycles. The minimum atomic E-state index is -2.88. The molecule has 0 spiro atoms. The van der Waals surface area contributed by atoms with Crippen molar-refractivity contribution in [1.82, 2.24) is 5.32 Å². The van der Waals surface area contributed by atoms with Crippen LogP contribution in [0.1, 0.15) is 6.92 Å². The summed E-state index contributed by atoms with van der Waals surface area (Å²) >= 11 is 1.47. The molecule has 0 aliphatic heterocycles. The highest BCUT2D eigenvalue weighted by molar-refractivity contribution is 8.00. The maximum atomic E-state index is 10.8. The molecular weight excluding hydrogens is 220 g/mol. The van der Waals surface area contributed by atoms with E-state index >= 15 is 0 Å². The molecule has 0 aromatic carbocycles. The summed E-state index contributed by atoms with van der Waals surface area (Å²) in [5.41, 5.74) is -0.567. The van der Waals surface area contributed by atoms with Gasteiger partial charge < -0.3 is 5.32 Å². The number of thioether (sulfide) groups is 1. The summed E-state index contributed by atoms with van der Waals surface area (Å²) in [7, 11) is -1.16.